The summed E-state index contributed by atoms with van der Waals surface area (Å²) < 4.78 is 0. The first kappa shape index (κ1) is 17.1. The molecule has 1 N–H and O–H groups in total. The van der Waals surface area contributed by atoms with Gasteiger partial charge in [0, 0.05) is 37.9 Å². The van der Waals surface area contributed by atoms with Gasteiger partial charge in [-0.1, -0.05) is 18.2 Å². The number of carbonyl (C=O) groups is 1. The van der Waals surface area contributed by atoms with Crippen molar-refractivity contribution in [1.82, 2.24) is 15.1 Å². The summed E-state index contributed by atoms with van der Waals surface area (Å²) in [6, 6.07) is 11.5. The van der Waals surface area contributed by atoms with Crippen LogP contribution in [-0.2, 0) is 0 Å². The molecule has 2 amide bonds. The maximum absolute atomic E-state index is 12.5. The highest BCUT2D eigenvalue weighted by Gasteiger charge is 2.27. The maximum Gasteiger partial charge on any atom is 0.317 e. The van der Waals surface area contributed by atoms with Crippen molar-refractivity contribution >= 4 is 11.7 Å². The number of benzene rings is 1. The zero-order valence-corrected chi connectivity index (χ0v) is 14.9. The minimum atomic E-state index is 0.130. The van der Waals surface area contributed by atoms with Gasteiger partial charge in [0.2, 0.25) is 0 Å². The van der Waals surface area contributed by atoms with Gasteiger partial charge < -0.3 is 20.0 Å². The SMILES string of the molecule is CN1CCC(NC(=O)N2CCC(N(C)c3ccccc3)CC2)CC1. The lowest BCUT2D eigenvalue weighted by Crippen LogP contribution is -2.52. The Balaban J connectivity index is 1.45. The number of nitrogens with one attached hydrogen (secondary N) is 1. The van der Waals surface area contributed by atoms with E-state index in [2.05, 4.69) is 53.5 Å². The third-order valence-electron chi connectivity index (χ3n) is 5.51. The van der Waals surface area contributed by atoms with Crippen molar-refractivity contribution in [2.45, 2.75) is 37.8 Å². The number of nitrogens with zero attached hydrogens (tertiary/aromatic N) is 3. The van der Waals surface area contributed by atoms with E-state index in [0.29, 0.717) is 12.1 Å². The molecule has 0 aliphatic carbocycles. The molecule has 0 atom stereocenters. The summed E-state index contributed by atoms with van der Waals surface area (Å²) in [5.74, 6) is 0. The van der Waals surface area contributed by atoms with E-state index < -0.39 is 0 Å². The number of urea groups is 1. The Kier molecular flexibility index (Phi) is 5.61. The van der Waals surface area contributed by atoms with Crippen molar-refractivity contribution in [3.05, 3.63) is 30.3 Å². The minimum absolute atomic E-state index is 0.130. The third kappa shape index (κ3) is 4.20. The Labute approximate surface area is 145 Å². The molecule has 1 aromatic carbocycles. The number of rotatable bonds is 3. The Hall–Kier alpha value is -1.75. The van der Waals surface area contributed by atoms with E-state index in [1.807, 2.05) is 11.0 Å². The predicted molar refractivity (Wildman–Crippen MR) is 98.5 cm³/mol. The Bertz CT molecular complexity index is 519. The summed E-state index contributed by atoms with van der Waals surface area (Å²) in [6.07, 6.45) is 4.20. The lowest BCUT2D eigenvalue weighted by atomic mass is 10.0. The van der Waals surface area contributed by atoms with Gasteiger partial charge in [0.05, 0.1) is 0 Å². The quantitative estimate of drug-likeness (QED) is 0.925. The van der Waals surface area contributed by atoms with Crippen LogP contribution in [0.3, 0.4) is 0 Å². The number of hydrogen-bond donors (Lipinski definition) is 1. The van der Waals surface area contributed by atoms with Crippen molar-refractivity contribution in [2.75, 3.05) is 45.2 Å². The number of hydrogen-bond acceptors (Lipinski definition) is 3. The zero-order chi connectivity index (χ0) is 16.9. The van der Waals surface area contributed by atoms with Crippen molar-refractivity contribution in [3.63, 3.8) is 0 Å². The number of para-hydroxylation sites is 1. The molecule has 0 bridgehead atoms. The number of carbonyl (C=O) groups excluding carboxylic acids is 1. The lowest BCUT2D eigenvalue weighted by molar-refractivity contribution is 0.167. The van der Waals surface area contributed by atoms with Crippen LogP contribution in [0.4, 0.5) is 10.5 Å². The Morgan fingerprint density at radius 2 is 1.67 bits per heavy atom. The molecule has 5 nitrogen and oxygen atoms in total. The van der Waals surface area contributed by atoms with Crippen molar-refractivity contribution < 1.29 is 4.79 Å². The second-order valence-electron chi connectivity index (χ2n) is 7.19. The van der Waals surface area contributed by atoms with Gasteiger partial charge in [0.25, 0.3) is 0 Å². The molecule has 2 heterocycles. The molecule has 2 saturated heterocycles. The summed E-state index contributed by atoms with van der Waals surface area (Å²) >= 11 is 0. The van der Waals surface area contributed by atoms with Gasteiger partial charge in [-0.2, -0.15) is 0 Å². The van der Waals surface area contributed by atoms with E-state index >= 15 is 0 Å². The fourth-order valence-corrected chi connectivity index (χ4v) is 3.75. The van der Waals surface area contributed by atoms with Gasteiger partial charge in [0.1, 0.15) is 0 Å². The van der Waals surface area contributed by atoms with Crippen LogP contribution in [0.2, 0.25) is 0 Å². The fourth-order valence-electron chi connectivity index (χ4n) is 3.75. The predicted octanol–water partition coefficient (Wildman–Crippen LogP) is 2.39. The molecular weight excluding hydrogens is 300 g/mol. The molecule has 0 aromatic heterocycles. The van der Waals surface area contributed by atoms with Crippen molar-refractivity contribution in [1.29, 1.82) is 0 Å². The molecule has 24 heavy (non-hydrogen) atoms. The highest BCUT2D eigenvalue weighted by atomic mass is 16.2. The largest absolute Gasteiger partial charge is 0.371 e. The van der Waals surface area contributed by atoms with Gasteiger partial charge in [0.15, 0.2) is 0 Å². The normalized spacial score (nSPS) is 20.8. The molecule has 0 radical (unpaired) electrons. The first-order valence-electron chi connectivity index (χ1n) is 9.15. The van der Waals surface area contributed by atoms with Crippen LogP contribution in [-0.4, -0.2) is 68.2 Å². The van der Waals surface area contributed by atoms with Gasteiger partial charge in [-0.15, -0.1) is 0 Å². The lowest BCUT2D eigenvalue weighted by Gasteiger charge is -2.38. The fraction of sp³-hybridized carbons (Fsp3) is 0.632. The van der Waals surface area contributed by atoms with E-state index in [1.54, 1.807) is 0 Å². The van der Waals surface area contributed by atoms with Crippen LogP contribution in [0.5, 0.6) is 0 Å². The van der Waals surface area contributed by atoms with E-state index in [9.17, 15) is 4.79 Å². The Morgan fingerprint density at radius 1 is 1.04 bits per heavy atom. The summed E-state index contributed by atoms with van der Waals surface area (Å²) in [4.78, 5) is 19.2. The van der Waals surface area contributed by atoms with Crippen LogP contribution in [0.25, 0.3) is 0 Å². The molecule has 0 spiro atoms. The van der Waals surface area contributed by atoms with E-state index in [-0.39, 0.29) is 6.03 Å². The second-order valence-corrected chi connectivity index (χ2v) is 7.19. The molecule has 0 saturated carbocycles. The first-order chi connectivity index (χ1) is 11.6. The maximum atomic E-state index is 12.5. The van der Waals surface area contributed by atoms with Crippen LogP contribution >= 0.6 is 0 Å². The van der Waals surface area contributed by atoms with Crippen LogP contribution < -0.4 is 10.2 Å². The van der Waals surface area contributed by atoms with Crippen molar-refractivity contribution in [2.24, 2.45) is 0 Å². The van der Waals surface area contributed by atoms with Gasteiger partial charge in [-0.05, 0) is 58.0 Å². The third-order valence-corrected chi connectivity index (χ3v) is 5.51. The molecule has 5 heteroatoms. The van der Waals surface area contributed by atoms with E-state index in [0.717, 1.165) is 51.9 Å². The van der Waals surface area contributed by atoms with Crippen LogP contribution in [0.15, 0.2) is 30.3 Å². The second kappa shape index (κ2) is 7.88. The number of likely N-dealkylation sites (tertiary alicyclic amines) is 2. The molecule has 2 aliphatic rings. The number of amides is 2. The van der Waals surface area contributed by atoms with E-state index in [4.69, 9.17) is 0 Å². The molecule has 2 aliphatic heterocycles. The highest BCUT2D eigenvalue weighted by molar-refractivity contribution is 5.74. The van der Waals surface area contributed by atoms with Crippen LogP contribution in [0, 0.1) is 0 Å². The molecule has 0 unspecified atom stereocenters. The summed E-state index contributed by atoms with van der Waals surface area (Å²) in [5, 5.41) is 3.23. The number of piperidine rings is 2. The average Bonchev–Trinajstić information content (AvgIpc) is 2.64. The summed E-state index contributed by atoms with van der Waals surface area (Å²) in [5.41, 5.74) is 1.26. The molecular formula is C19H30N4O. The molecule has 132 valence electrons. The highest BCUT2D eigenvalue weighted by Crippen LogP contribution is 2.22. The average molecular weight is 330 g/mol. The molecule has 2 fully saturated rings. The monoisotopic (exact) mass is 330 g/mol. The van der Waals surface area contributed by atoms with Gasteiger partial charge in [-0.25, -0.2) is 4.79 Å². The summed E-state index contributed by atoms with van der Waals surface area (Å²) in [6.45, 7) is 3.85. The number of anilines is 1. The molecule has 3 rings (SSSR count). The van der Waals surface area contributed by atoms with Crippen molar-refractivity contribution in [3.8, 4) is 0 Å². The first-order valence-corrected chi connectivity index (χ1v) is 9.15. The smallest absolute Gasteiger partial charge is 0.317 e. The Morgan fingerprint density at radius 3 is 2.29 bits per heavy atom. The zero-order valence-electron chi connectivity index (χ0n) is 14.9. The minimum Gasteiger partial charge on any atom is -0.371 e. The molecule has 1 aromatic rings. The van der Waals surface area contributed by atoms with Gasteiger partial charge in [-0.3, -0.25) is 0 Å². The standard InChI is InChI=1S/C19H30N4O/c1-21-12-8-16(9-13-21)20-19(24)23-14-10-18(11-15-23)22(2)17-6-4-3-5-7-17/h3-7,16,18H,8-15H2,1-2H3,(H,20,24). The van der Waals surface area contributed by atoms with E-state index in [1.165, 1.54) is 5.69 Å². The topological polar surface area (TPSA) is 38.8 Å². The van der Waals surface area contributed by atoms with Gasteiger partial charge >= 0.3 is 6.03 Å². The van der Waals surface area contributed by atoms with Crippen LogP contribution in [0.1, 0.15) is 25.7 Å². The summed E-state index contributed by atoms with van der Waals surface area (Å²) in [7, 11) is 4.31.